The van der Waals surface area contributed by atoms with Crippen LogP contribution in [0, 0.1) is 11.8 Å². The van der Waals surface area contributed by atoms with E-state index in [9.17, 15) is 9.59 Å². The Morgan fingerprint density at radius 1 is 1.00 bits per heavy atom. The van der Waals surface area contributed by atoms with Crippen molar-refractivity contribution in [2.24, 2.45) is 11.8 Å². The Bertz CT molecular complexity index is 277. The maximum atomic E-state index is 12.1. The molecular formula is C13H26N2O3. The Labute approximate surface area is 110 Å². The van der Waals surface area contributed by atoms with Crippen molar-refractivity contribution in [3.05, 3.63) is 0 Å². The van der Waals surface area contributed by atoms with Crippen LogP contribution in [0.5, 0.6) is 0 Å². The zero-order valence-corrected chi connectivity index (χ0v) is 12.2. The number of nitrogens with one attached hydrogen (secondary N) is 2. The quantitative estimate of drug-likeness (QED) is 0.765. The highest BCUT2D eigenvalue weighted by molar-refractivity contribution is 5.86. The van der Waals surface area contributed by atoms with E-state index in [4.69, 9.17) is 4.74 Å². The van der Waals surface area contributed by atoms with Crippen LogP contribution in [0.4, 0.5) is 4.79 Å². The molecule has 0 heterocycles. The second-order valence-electron chi connectivity index (χ2n) is 5.13. The predicted molar refractivity (Wildman–Crippen MR) is 71.2 cm³/mol. The van der Waals surface area contributed by atoms with Crippen molar-refractivity contribution >= 4 is 12.0 Å². The molecule has 0 bridgehead atoms. The molecule has 0 aliphatic heterocycles. The number of rotatable bonds is 6. The molecule has 2 unspecified atom stereocenters. The molecule has 5 nitrogen and oxygen atoms in total. The van der Waals surface area contributed by atoms with E-state index in [2.05, 4.69) is 10.6 Å². The van der Waals surface area contributed by atoms with Gasteiger partial charge in [-0.15, -0.1) is 0 Å². The largest absolute Gasteiger partial charge is 0.450 e. The van der Waals surface area contributed by atoms with Crippen LogP contribution in [0.2, 0.25) is 0 Å². The minimum atomic E-state index is -0.565. The van der Waals surface area contributed by atoms with Crippen LogP contribution >= 0.6 is 0 Å². The van der Waals surface area contributed by atoms with Crippen LogP contribution in [0.1, 0.15) is 41.5 Å². The molecule has 0 saturated heterocycles. The van der Waals surface area contributed by atoms with Crippen molar-refractivity contribution in [2.45, 2.75) is 53.6 Å². The van der Waals surface area contributed by atoms with Crippen LogP contribution < -0.4 is 10.6 Å². The minimum Gasteiger partial charge on any atom is -0.450 e. The van der Waals surface area contributed by atoms with Gasteiger partial charge in [0.25, 0.3) is 0 Å². The Hall–Kier alpha value is -1.26. The maximum Gasteiger partial charge on any atom is 0.407 e. The molecule has 0 rings (SSSR count). The summed E-state index contributed by atoms with van der Waals surface area (Å²) in [6, 6.07) is -0.493. The second-order valence-corrected chi connectivity index (χ2v) is 5.13. The summed E-state index contributed by atoms with van der Waals surface area (Å²) in [6.45, 7) is 11.8. The summed E-state index contributed by atoms with van der Waals surface area (Å²) in [6.07, 6.45) is -0.552. The van der Waals surface area contributed by atoms with E-state index >= 15 is 0 Å². The van der Waals surface area contributed by atoms with E-state index in [1.165, 1.54) is 0 Å². The lowest BCUT2D eigenvalue weighted by Crippen LogP contribution is -2.52. The molecule has 0 aliphatic rings. The average Bonchev–Trinajstić information content (AvgIpc) is 2.25. The number of amides is 2. The highest BCUT2D eigenvalue weighted by atomic mass is 16.5. The van der Waals surface area contributed by atoms with Gasteiger partial charge in [0.2, 0.25) is 5.91 Å². The summed E-state index contributed by atoms with van der Waals surface area (Å²) in [5.74, 6) is 0.192. The number of ether oxygens (including phenoxy) is 1. The van der Waals surface area contributed by atoms with Gasteiger partial charge in [0.15, 0.2) is 0 Å². The van der Waals surface area contributed by atoms with Gasteiger partial charge in [-0.1, -0.05) is 27.7 Å². The van der Waals surface area contributed by atoms with Gasteiger partial charge in [-0.2, -0.15) is 0 Å². The van der Waals surface area contributed by atoms with Crippen molar-refractivity contribution in [3.8, 4) is 0 Å². The molecule has 0 radical (unpaired) electrons. The third-order valence-electron chi connectivity index (χ3n) is 2.87. The fourth-order valence-electron chi connectivity index (χ4n) is 1.32. The Balaban J connectivity index is 4.50. The third-order valence-corrected chi connectivity index (χ3v) is 2.87. The van der Waals surface area contributed by atoms with E-state index in [0.29, 0.717) is 12.5 Å². The predicted octanol–water partition coefficient (Wildman–Crippen LogP) is 1.92. The SMILES string of the molecule is CCOC(=O)NC(C(=O)NC(C)C(C)C)C(C)C. The normalized spacial score (nSPS) is 14.2. The minimum absolute atomic E-state index is 0.00812. The van der Waals surface area contributed by atoms with E-state index in [-0.39, 0.29) is 17.9 Å². The lowest BCUT2D eigenvalue weighted by atomic mass is 10.0. The molecule has 5 heteroatoms. The van der Waals surface area contributed by atoms with Crippen LogP contribution in [0.25, 0.3) is 0 Å². The fourth-order valence-corrected chi connectivity index (χ4v) is 1.32. The highest BCUT2D eigenvalue weighted by Crippen LogP contribution is 2.05. The molecule has 0 aliphatic carbocycles. The Morgan fingerprint density at radius 2 is 1.56 bits per heavy atom. The smallest absolute Gasteiger partial charge is 0.407 e. The first-order valence-electron chi connectivity index (χ1n) is 6.53. The average molecular weight is 258 g/mol. The molecule has 0 fully saturated rings. The second kappa shape index (κ2) is 7.95. The molecule has 0 aromatic heterocycles. The summed E-state index contributed by atoms with van der Waals surface area (Å²) in [4.78, 5) is 23.4. The number of hydrogen-bond acceptors (Lipinski definition) is 3. The number of carbonyl (C=O) groups excluding carboxylic acids is 2. The van der Waals surface area contributed by atoms with E-state index < -0.39 is 12.1 Å². The summed E-state index contributed by atoms with van der Waals surface area (Å²) in [5.41, 5.74) is 0. The van der Waals surface area contributed by atoms with Crippen LogP contribution in [0.3, 0.4) is 0 Å². The summed E-state index contributed by atoms with van der Waals surface area (Å²) in [7, 11) is 0. The molecule has 2 atom stereocenters. The van der Waals surface area contributed by atoms with Gasteiger partial charge in [-0.3, -0.25) is 4.79 Å². The van der Waals surface area contributed by atoms with Crippen LogP contribution in [-0.4, -0.2) is 30.7 Å². The number of alkyl carbamates (subject to hydrolysis) is 1. The van der Waals surface area contributed by atoms with Crippen molar-refractivity contribution in [1.82, 2.24) is 10.6 Å². The monoisotopic (exact) mass is 258 g/mol. The van der Waals surface area contributed by atoms with Gasteiger partial charge in [-0.05, 0) is 25.7 Å². The van der Waals surface area contributed by atoms with Crippen molar-refractivity contribution in [2.75, 3.05) is 6.61 Å². The zero-order chi connectivity index (χ0) is 14.3. The number of carbonyl (C=O) groups is 2. The van der Waals surface area contributed by atoms with Crippen LogP contribution in [0.15, 0.2) is 0 Å². The first kappa shape index (κ1) is 16.7. The van der Waals surface area contributed by atoms with Gasteiger partial charge in [0.05, 0.1) is 6.61 Å². The van der Waals surface area contributed by atoms with Crippen LogP contribution in [-0.2, 0) is 9.53 Å². The van der Waals surface area contributed by atoms with E-state index in [1.54, 1.807) is 6.92 Å². The molecule has 106 valence electrons. The van der Waals surface area contributed by atoms with E-state index in [0.717, 1.165) is 0 Å². The molecule has 0 aromatic carbocycles. The maximum absolute atomic E-state index is 12.1. The fraction of sp³-hybridized carbons (Fsp3) is 0.846. The topological polar surface area (TPSA) is 67.4 Å². The molecule has 0 spiro atoms. The van der Waals surface area contributed by atoms with Gasteiger partial charge in [0, 0.05) is 6.04 Å². The number of hydrogen-bond donors (Lipinski definition) is 2. The van der Waals surface area contributed by atoms with Gasteiger partial charge >= 0.3 is 6.09 Å². The van der Waals surface area contributed by atoms with Gasteiger partial charge in [0.1, 0.15) is 6.04 Å². The molecule has 0 saturated carbocycles. The highest BCUT2D eigenvalue weighted by Gasteiger charge is 2.26. The molecule has 18 heavy (non-hydrogen) atoms. The molecule has 0 aromatic rings. The molecule has 2 amide bonds. The zero-order valence-electron chi connectivity index (χ0n) is 12.2. The van der Waals surface area contributed by atoms with Gasteiger partial charge in [-0.25, -0.2) is 4.79 Å². The Morgan fingerprint density at radius 3 is 1.94 bits per heavy atom. The van der Waals surface area contributed by atoms with Gasteiger partial charge < -0.3 is 15.4 Å². The Kier molecular flexibility index (Phi) is 7.39. The summed E-state index contributed by atoms with van der Waals surface area (Å²) < 4.78 is 4.80. The standard InChI is InChI=1S/C13H26N2O3/c1-7-18-13(17)15-11(9(4)5)12(16)14-10(6)8(2)3/h8-11H,7H2,1-6H3,(H,14,16)(H,15,17). The van der Waals surface area contributed by atoms with E-state index in [1.807, 2.05) is 34.6 Å². The lowest BCUT2D eigenvalue weighted by molar-refractivity contribution is -0.124. The molecule has 2 N–H and O–H groups in total. The van der Waals surface area contributed by atoms with Crippen molar-refractivity contribution in [1.29, 1.82) is 0 Å². The summed E-state index contributed by atoms with van der Waals surface area (Å²) in [5, 5.41) is 5.49. The molecular weight excluding hydrogens is 232 g/mol. The first-order chi connectivity index (χ1) is 8.29. The third kappa shape index (κ3) is 5.89. The lowest BCUT2D eigenvalue weighted by Gasteiger charge is -2.25. The summed E-state index contributed by atoms with van der Waals surface area (Å²) >= 11 is 0. The van der Waals surface area contributed by atoms with Crippen molar-refractivity contribution in [3.63, 3.8) is 0 Å². The van der Waals surface area contributed by atoms with Crippen molar-refractivity contribution < 1.29 is 14.3 Å². The first-order valence-corrected chi connectivity index (χ1v) is 6.53.